The minimum atomic E-state index is -0.419. The van der Waals surface area contributed by atoms with Crippen LogP contribution in [-0.2, 0) is 19.2 Å². The van der Waals surface area contributed by atoms with Crippen LogP contribution in [0.15, 0.2) is 12.2 Å². The van der Waals surface area contributed by atoms with Crippen molar-refractivity contribution in [1.29, 1.82) is 0 Å². The van der Waals surface area contributed by atoms with E-state index >= 15 is 0 Å². The molecule has 0 aromatic heterocycles. The summed E-state index contributed by atoms with van der Waals surface area (Å²) in [5.74, 6) is -0.756. The normalized spacial score (nSPS) is 12.1. The average Bonchev–Trinajstić information content (AvgIpc) is 2.80. The van der Waals surface area contributed by atoms with E-state index in [0.29, 0.717) is 12.7 Å². The van der Waals surface area contributed by atoms with E-state index < -0.39 is 11.8 Å². The summed E-state index contributed by atoms with van der Waals surface area (Å²) in [6.45, 7) is 4.60. The van der Waals surface area contributed by atoms with Gasteiger partial charge in [-0.05, 0) is 7.05 Å². The van der Waals surface area contributed by atoms with Crippen molar-refractivity contribution >= 4 is 24.0 Å². The molecule has 0 bridgehead atoms. The van der Waals surface area contributed by atoms with E-state index in [-0.39, 0.29) is 12.5 Å². The van der Waals surface area contributed by atoms with E-state index in [4.69, 9.17) is 0 Å². The lowest BCUT2D eigenvalue weighted by molar-refractivity contribution is -0.138. The average molecular weight is 285 g/mol. The van der Waals surface area contributed by atoms with Crippen molar-refractivity contribution in [2.75, 3.05) is 27.2 Å². The predicted octanol–water partition coefficient (Wildman–Crippen LogP) is -0.522. The van der Waals surface area contributed by atoms with Gasteiger partial charge in [0.15, 0.2) is 0 Å². The van der Waals surface area contributed by atoms with Crippen molar-refractivity contribution in [1.82, 2.24) is 15.5 Å². The number of hydrogen-bond acceptors (Lipinski definition) is 5. The first kappa shape index (κ1) is 20.3. The van der Waals surface area contributed by atoms with Gasteiger partial charge >= 0.3 is 0 Å². The second kappa shape index (κ2) is 13.4. The highest BCUT2D eigenvalue weighted by atomic mass is 16.2. The molecule has 0 atom stereocenters. The molecule has 1 aliphatic rings. The quantitative estimate of drug-likeness (QED) is 0.523. The molecular weight excluding hydrogens is 262 g/mol. The van der Waals surface area contributed by atoms with E-state index in [1.165, 1.54) is 0 Å². The van der Waals surface area contributed by atoms with Crippen LogP contribution in [-0.4, -0.2) is 56.1 Å². The smallest absolute Gasteiger partial charge is 0.254 e. The van der Waals surface area contributed by atoms with Gasteiger partial charge in [-0.25, -0.2) is 0 Å². The number of carbonyl (C=O) groups is 4. The van der Waals surface area contributed by atoms with Gasteiger partial charge in [0.25, 0.3) is 11.8 Å². The molecule has 0 fully saturated rings. The van der Waals surface area contributed by atoms with E-state index in [1.807, 2.05) is 20.9 Å². The Hall–Kier alpha value is -2.02. The summed E-state index contributed by atoms with van der Waals surface area (Å²) in [4.78, 5) is 42.4. The number of carbonyl (C=O) groups excluding carboxylic acids is 4. The first-order valence-corrected chi connectivity index (χ1v) is 6.39. The van der Waals surface area contributed by atoms with Crippen LogP contribution in [0.2, 0.25) is 0 Å². The molecule has 7 heteroatoms. The molecule has 0 radical (unpaired) electrons. The number of amides is 3. The van der Waals surface area contributed by atoms with Crippen molar-refractivity contribution in [3.63, 3.8) is 0 Å². The maximum atomic E-state index is 10.6. The van der Waals surface area contributed by atoms with E-state index in [1.54, 1.807) is 7.05 Å². The van der Waals surface area contributed by atoms with Crippen molar-refractivity contribution in [2.45, 2.75) is 20.3 Å². The highest BCUT2D eigenvalue weighted by molar-refractivity contribution is 6.13. The van der Waals surface area contributed by atoms with Crippen LogP contribution in [0.25, 0.3) is 0 Å². The van der Waals surface area contributed by atoms with Crippen molar-refractivity contribution in [3.8, 4) is 0 Å². The van der Waals surface area contributed by atoms with Gasteiger partial charge in [-0.15, -0.1) is 0 Å². The molecule has 3 amide bonds. The highest BCUT2D eigenvalue weighted by Gasteiger charge is 2.21. The lowest BCUT2D eigenvalue weighted by Gasteiger charge is -2.07. The maximum absolute atomic E-state index is 10.6. The number of imide groups is 1. The van der Waals surface area contributed by atoms with Crippen LogP contribution in [0.5, 0.6) is 0 Å². The number of hydrogen-bond donors (Lipinski definition) is 2. The molecule has 0 aromatic carbocycles. The van der Waals surface area contributed by atoms with Gasteiger partial charge in [0.2, 0.25) is 5.91 Å². The molecule has 0 unspecified atom stereocenters. The second-order valence-corrected chi connectivity index (χ2v) is 3.31. The third-order valence-electron chi connectivity index (χ3n) is 2.04. The molecule has 0 aliphatic carbocycles. The summed E-state index contributed by atoms with van der Waals surface area (Å²) >= 11 is 0. The Kier molecular flexibility index (Phi) is 13.6. The number of aldehydes is 1. The van der Waals surface area contributed by atoms with E-state index in [2.05, 4.69) is 10.6 Å². The number of nitrogens with zero attached hydrogens (tertiary/aromatic N) is 1. The van der Waals surface area contributed by atoms with Crippen LogP contribution < -0.4 is 10.6 Å². The molecule has 1 heterocycles. The number of rotatable bonds is 5. The zero-order valence-electron chi connectivity index (χ0n) is 12.4. The Balaban J connectivity index is 0. The third-order valence-corrected chi connectivity index (χ3v) is 2.04. The summed E-state index contributed by atoms with van der Waals surface area (Å²) in [5, 5.41) is 5.39. The van der Waals surface area contributed by atoms with Crippen molar-refractivity contribution < 1.29 is 19.2 Å². The third kappa shape index (κ3) is 8.98. The predicted molar refractivity (Wildman–Crippen MR) is 75.9 cm³/mol. The van der Waals surface area contributed by atoms with Gasteiger partial charge in [0.1, 0.15) is 6.29 Å². The summed E-state index contributed by atoms with van der Waals surface area (Å²) in [7, 11) is 3.46. The van der Waals surface area contributed by atoms with Crippen LogP contribution >= 0.6 is 0 Å². The Bertz CT molecular complexity index is 336. The summed E-state index contributed by atoms with van der Waals surface area (Å²) in [5.41, 5.74) is 0. The van der Waals surface area contributed by atoms with Gasteiger partial charge in [-0.2, -0.15) is 0 Å². The Labute approximate surface area is 119 Å². The van der Waals surface area contributed by atoms with Gasteiger partial charge in [0, 0.05) is 32.2 Å². The molecule has 1 aliphatic heterocycles. The monoisotopic (exact) mass is 285 g/mol. The topological polar surface area (TPSA) is 95.6 Å². The molecule has 0 spiro atoms. The van der Waals surface area contributed by atoms with Gasteiger partial charge in [-0.1, -0.05) is 13.8 Å². The molecule has 114 valence electrons. The molecule has 0 saturated heterocycles. The molecule has 7 nitrogen and oxygen atoms in total. The second-order valence-electron chi connectivity index (χ2n) is 3.31. The molecule has 2 N–H and O–H groups in total. The fraction of sp³-hybridized carbons (Fsp3) is 0.538. The van der Waals surface area contributed by atoms with Gasteiger partial charge < -0.3 is 15.4 Å². The van der Waals surface area contributed by atoms with Crippen molar-refractivity contribution in [3.05, 3.63) is 12.2 Å². The summed E-state index contributed by atoms with van der Waals surface area (Å²) in [6.07, 6.45) is 3.37. The summed E-state index contributed by atoms with van der Waals surface area (Å²) < 4.78 is 0. The van der Waals surface area contributed by atoms with Crippen LogP contribution in [0.4, 0.5) is 0 Å². The first-order chi connectivity index (χ1) is 9.56. The molecular formula is C13H23N3O4. The maximum Gasteiger partial charge on any atom is 0.254 e. The van der Waals surface area contributed by atoms with Gasteiger partial charge in [0.05, 0.1) is 6.54 Å². The Morgan fingerprint density at radius 2 is 1.70 bits per heavy atom. The van der Waals surface area contributed by atoms with Crippen LogP contribution in [0, 0.1) is 0 Å². The minimum Gasteiger partial charge on any atom is -0.359 e. The Morgan fingerprint density at radius 1 is 1.20 bits per heavy atom. The van der Waals surface area contributed by atoms with Crippen LogP contribution in [0.3, 0.4) is 0 Å². The molecule has 0 aromatic rings. The SMILES string of the molecule is CC.CNCCC(=O)NC.O=CCN1C(=O)C=CC1=O. The molecule has 0 saturated carbocycles. The minimum absolute atomic E-state index is 0.0827. The summed E-state index contributed by atoms with van der Waals surface area (Å²) in [6, 6.07) is 0. The molecule has 1 rings (SSSR count). The van der Waals surface area contributed by atoms with Gasteiger partial charge in [-0.3, -0.25) is 19.3 Å². The Morgan fingerprint density at radius 3 is 2.05 bits per heavy atom. The first-order valence-electron chi connectivity index (χ1n) is 6.39. The molecule has 20 heavy (non-hydrogen) atoms. The lowest BCUT2D eigenvalue weighted by atomic mass is 10.4. The standard InChI is InChI=1S/C6H5NO3.C5H12N2O.C2H6/c8-4-3-7-5(9)1-2-6(7)10;1-6-4-3-5(8)7-2;1-2/h1-2,4H,3H2;6H,3-4H2,1-2H3,(H,7,8);1-2H3. The van der Waals surface area contributed by atoms with Crippen LogP contribution in [0.1, 0.15) is 20.3 Å². The largest absolute Gasteiger partial charge is 0.359 e. The zero-order valence-corrected chi connectivity index (χ0v) is 12.4. The lowest BCUT2D eigenvalue weighted by Crippen LogP contribution is -2.31. The number of nitrogens with one attached hydrogen (secondary N) is 2. The fourth-order valence-corrected chi connectivity index (χ4v) is 1.05. The zero-order chi connectivity index (χ0) is 16.0. The van der Waals surface area contributed by atoms with Crippen molar-refractivity contribution in [2.24, 2.45) is 0 Å². The van der Waals surface area contributed by atoms with E-state index in [9.17, 15) is 19.2 Å². The van der Waals surface area contributed by atoms with E-state index in [0.717, 1.165) is 23.6 Å². The highest BCUT2D eigenvalue weighted by Crippen LogP contribution is 2.00. The fourth-order valence-electron chi connectivity index (χ4n) is 1.05.